The lowest BCUT2D eigenvalue weighted by Crippen LogP contribution is -2.60. The molecule has 0 radical (unpaired) electrons. The minimum absolute atomic E-state index is 0.103. The molecular formula is C19H29N3O2. The first kappa shape index (κ1) is 17.2. The summed E-state index contributed by atoms with van der Waals surface area (Å²) in [5, 5.41) is 6.08. The highest BCUT2D eigenvalue weighted by atomic mass is 16.5. The second kappa shape index (κ2) is 7.99. The number of hydrogen-bond acceptors (Lipinski definition) is 3. The Morgan fingerprint density at radius 3 is 2.67 bits per heavy atom. The summed E-state index contributed by atoms with van der Waals surface area (Å²) >= 11 is 0. The first-order valence-electron chi connectivity index (χ1n) is 9.12. The van der Waals surface area contributed by atoms with E-state index >= 15 is 0 Å². The molecule has 1 aliphatic heterocycles. The lowest BCUT2D eigenvalue weighted by molar-refractivity contribution is -0.0356. The fraction of sp³-hybridized carbons (Fsp3) is 0.632. The van der Waals surface area contributed by atoms with E-state index in [4.69, 9.17) is 4.74 Å². The van der Waals surface area contributed by atoms with E-state index in [0.717, 1.165) is 50.4 Å². The molecule has 0 aromatic heterocycles. The van der Waals surface area contributed by atoms with Gasteiger partial charge >= 0.3 is 6.03 Å². The van der Waals surface area contributed by atoms with Crippen LogP contribution in [0.15, 0.2) is 24.3 Å². The normalized spacial score (nSPS) is 21.2. The molecule has 1 aromatic rings. The van der Waals surface area contributed by atoms with Gasteiger partial charge in [-0.25, -0.2) is 4.79 Å². The van der Waals surface area contributed by atoms with Gasteiger partial charge in [-0.05, 0) is 37.5 Å². The summed E-state index contributed by atoms with van der Waals surface area (Å²) in [4.78, 5) is 14.9. The average molecular weight is 331 g/mol. The molecule has 3 rings (SSSR count). The van der Waals surface area contributed by atoms with Crippen molar-refractivity contribution in [3.05, 3.63) is 29.8 Å². The van der Waals surface area contributed by atoms with Gasteiger partial charge in [-0.3, -0.25) is 4.90 Å². The molecule has 0 spiro atoms. The molecule has 2 aliphatic rings. The number of benzene rings is 1. The summed E-state index contributed by atoms with van der Waals surface area (Å²) in [6.07, 6.45) is 6.13. The van der Waals surface area contributed by atoms with Crippen LogP contribution in [0.4, 0.5) is 10.5 Å². The van der Waals surface area contributed by atoms with E-state index < -0.39 is 0 Å². The Kier molecular flexibility index (Phi) is 5.74. The maximum Gasteiger partial charge on any atom is 0.319 e. The average Bonchev–Trinajstić information content (AvgIpc) is 2.62. The van der Waals surface area contributed by atoms with Crippen molar-refractivity contribution in [2.75, 3.05) is 38.2 Å². The number of hydrogen-bond donors (Lipinski definition) is 2. The van der Waals surface area contributed by atoms with Crippen molar-refractivity contribution < 1.29 is 9.53 Å². The van der Waals surface area contributed by atoms with Crippen LogP contribution in [0.25, 0.3) is 0 Å². The molecule has 132 valence electrons. The highest BCUT2D eigenvalue weighted by Gasteiger charge is 2.38. The number of morpholine rings is 1. The van der Waals surface area contributed by atoms with Gasteiger partial charge in [0.2, 0.25) is 0 Å². The molecule has 24 heavy (non-hydrogen) atoms. The summed E-state index contributed by atoms with van der Waals surface area (Å²) in [7, 11) is 0. The Labute approximate surface area is 144 Å². The zero-order valence-electron chi connectivity index (χ0n) is 14.6. The van der Waals surface area contributed by atoms with Crippen LogP contribution < -0.4 is 10.6 Å². The van der Waals surface area contributed by atoms with Gasteiger partial charge in [-0.2, -0.15) is 0 Å². The van der Waals surface area contributed by atoms with E-state index in [2.05, 4.69) is 15.5 Å². The van der Waals surface area contributed by atoms with Crippen LogP contribution in [-0.4, -0.2) is 49.3 Å². The molecule has 2 amide bonds. The smallest absolute Gasteiger partial charge is 0.319 e. The lowest BCUT2D eigenvalue weighted by Gasteiger charge is -2.48. The standard InChI is InChI=1S/C19H29N3O2/c1-16-6-5-7-17(14-16)21-18(23)20-15-19(8-3-2-4-9-19)22-10-12-24-13-11-22/h5-7,14H,2-4,8-13,15H2,1H3,(H2,20,21,23). The summed E-state index contributed by atoms with van der Waals surface area (Å²) in [5.41, 5.74) is 2.09. The maximum absolute atomic E-state index is 12.3. The van der Waals surface area contributed by atoms with Gasteiger partial charge in [0.15, 0.2) is 0 Å². The van der Waals surface area contributed by atoms with Crippen molar-refractivity contribution in [3.8, 4) is 0 Å². The number of nitrogens with zero attached hydrogens (tertiary/aromatic N) is 1. The number of anilines is 1. The zero-order valence-corrected chi connectivity index (χ0v) is 14.6. The summed E-state index contributed by atoms with van der Waals surface area (Å²) in [5.74, 6) is 0. The van der Waals surface area contributed by atoms with E-state index in [-0.39, 0.29) is 11.6 Å². The molecule has 1 saturated carbocycles. The predicted octanol–water partition coefficient (Wildman–Crippen LogP) is 3.15. The van der Waals surface area contributed by atoms with Gasteiger partial charge in [0, 0.05) is 30.9 Å². The van der Waals surface area contributed by atoms with Gasteiger partial charge in [0.25, 0.3) is 0 Å². The Morgan fingerprint density at radius 2 is 1.96 bits per heavy atom. The minimum atomic E-state index is -0.112. The number of rotatable bonds is 4. The van der Waals surface area contributed by atoms with Crippen LogP contribution in [0.2, 0.25) is 0 Å². The van der Waals surface area contributed by atoms with Gasteiger partial charge in [0.05, 0.1) is 13.2 Å². The van der Waals surface area contributed by atoms with E-state index in [1.54, 1.807) is 0 Å². The molecule has 0 bridgehead atoms. The fourth-order valence-electron chi connectivity index (χ4n) is 4.00. The topological polar surface area (TPSA) is 53.6 Å². The molecule has 2 fully saturated rings. The van der Waals surface area contributed by atoms with Gasteiger partial charge in [-0.15, -0.1) is 0 Å². The van der Waals surface area contributed by atoms with E-state index in [1.807, 2.05) is 31.2 Å². The highest BCUT2D eigenvalue weighted by Crippen LogP contribution is 2.33. The first-order chi connectivity index (χ1) is 11.7. The molecular weight excluding hydrogens is 302 g/mol. The van der Waals surface area contributed by atoms with Gasteiger partial charge < -0.3 is 15.4 Å². The van der Waals surface area contributed by atoms with Gasteiger partial charge in [-0.1, -0.05) is 31.4 Å². The minimum Gasteiger partial charge on any atom is -0.379 e. The zero-order chi connectivity index (χ0) is 16.8. The van der Waals surface area contributed by atoms with Crippen molar-refractivity contribution in [2.24, 2.45) is 0 Å². The van der Waals surface area contributed by atoms with Gasteiger partial charge in [0.1, 0.15) is 0 Å². The van der Waals surface area contributed by atoms with Crippen LogP contribution in [0.3, 0.4) is 0 Å². The van der Waals surface area contributed by atoms with Crippen molar-refractivity contribution in [3.63, 3.8) is 0 Å². The Hall–Kier alpha value is -1.59. The molecule has 2 N–H and O–H groups in total. The second-order valence-corrected chi connectivity index (χ2v) is 7.06. The number of urea groups is 1. The molecule has 1 heterocycles. The number of carbonyl (C=O) groups excluding carboxylic acids is 1. The third kappa shape index (κ3) is 4.28. The third-order valence-corrected chi connectivity index (χ3v) is 5.32. The monoisotopic (exact) mass is 331 g/mol. The van der Waals surface area contributed by atoms with Crippen LogP contribution in [0, 0.1) is 6.92 Å². The Bertz CT molecular complexity index is 549. The lowest BCUT2D eigenvalue weighted by atomic mass is 9.80. The summed E-state index contributed by atoms with van der Waals surface area (Å²) < 4.78 is 5.51. The number of ether oxygens (including phenoxy) is 1. The highest BCUT2D eigenvalue weighted by molar-refractivity contribution is 5.89. The number of amides is 2. The molecule has 1 aromatic carbocycles. The third-order valence-electron chi connectivity index (χ3n) is 5.32. The largest absolute Gasteiger partial charge is 0.379 e. The van der Waals surface area contributed by atoms with E-state index in [9.17, 15) is 4.79 Å². The maximum atomic E-state index is 12.3. The molecule has 5 heteroatoms. The Morgan fingerprint density at radius 1 is 1.21 bits per heavy atom. The van der Waals surface area contributed by atoms with Crippen LogP contribution in [0.1, 0.15) is 37.7 Å². The SMILES string of the molecule is Cc1cccc(NC(=O)NCC2(N3CCOCC3)CCCCC2)c1. The molecule has 5 nitrogen and oxygen atoms in total. The van der Waals surface area contributed by atoms with Crippen LogP contribution in [0.5, 0.6) is 0 Å². The predicted molar refractivity (Wildman–Crippen MR) is 96.4 cm³/mol. The first-order valence-corrected chi connectivity index (χ1v) is 9.12. The molecule has 1 aliphatic carbocycles. The number of carbonyl (C=O) groups is 1. The second-order valence-electron chi connectivity index (χ2n) is 7.06. The molecule has 1 saturated heterocycles. The quantitative estimate of drug-likeness (QED) is 0.891. The van der Waals surface area contributed by atoms with Crippen LogP contribution >= 0.6 is 0 Å². The number of aryl methyl sites for hydroxylation is 1. The van der Waals surface area contributed by atoms with Crippen molar-refractivity contribution in [2.45, 2.75) is 44.6 Å². The fourth-order valence-corrected chi connectivity index (χ4v) is 4.00. The summed E-state index contributed by atoms with van der Waals surface area (Å²) in [6, 6.07) is 7.78. The van der Waals surface area contributed by atoms with Crippen molar-refractivity contribution >= 4 is 11.7 Å². The Balaban J connectivity index is 1.59. The summed E-state index contributed by atoms with van der Waals surface area (Å²) in [6.45, 7) is 6.29. The number of nitrogens with one attached hydrogen (secondary N) is 2. The van der Waals surface area contributed by atoms with Crippen molar-refractivity contribution in [1.82, 2.24) is 10.2 Å². The van der Waals surface area contributed by atoms with E-state index in [0.29, 0.717) is 6.54 Å². The molecule has 0 unspecified atom stereocenters. The van der Waals surface area contributed by atoms with Crippen molar-refractivity contribution in [1.29, 1.82) is 0 Å². The van der Waals surface area contributed by atoms with Crippen LogP contribution in [-0.2, 0) is 4.74 Å². The molecule has 0 atom stereocenters. The van der Waals surface area contributed by atoms with E-state index in [1.165, 1.54) is 19.3 Å².